The Kier molecular flexibility index (Phi) is 3.62. The van der Waals surface area contributed by atoms with Crippen molar-refractivity contribution in [2.45, 2.75) is 25.4 Å². The number of nitrogens with one attached hydrogen (secondary N) is 2. The van der Waals surface area contributed by atoms with Gasteiger partial charge in [-0.05, 0) is 18.1 Å². The van der Waals surface area contributed by atoms with E-state index in [9.17, 15) is 9.59 Å². The largest absolute Gasteiger partial charge is 0.368 e. The van der Waals surface area contributed by atoms with Crippen LogP contribution in [0.5, 0.6) is 0 Å². The molecule has 5 heteroatoms. The maximum absolute atomic E-state index is 12.1. The van der Waals surface area contributed by atoms with Gasteiger partial charge in [0, 0.05) is 13.1 Å². The van der Waals surface area contributed by atoms with Crippen molar-refractivity contribution >= 4 is 11.8 Å². The molecule has 5 nitrogen and oxygen atoms in total. The molecule has 96 valence electrons. The van der Waals surface area contributed by atoms with Gasteiger partial charge in [-0.2, -0.15) is 0 Å². The van der Waals surface area contributed by atoms with E-state index < -0.39 is 11.9 Å². The number of rotatable bonds is 3. The summed E-state index contributed by atoms with van der Waals surface area (Å²) >= 11 is 0. The van der Waals surface area contributed by atoms with Crippen molar-refractivity contribution in [2.75, 3.05) is 6.54 Å². The molecule has 0 saturated heterocycles. The van der Waals surface area contributed by atoms with Gasteiger partial charge < -0.3 is 16.4 Å². The fourth-order valence-corrected chi connectivity index (χ4v) is 2.12. The minimum absolute atomic E-state index is 0.166. The van der Waals surface area contributed by atoms with Crippen molar-refractivity contribution in [1.29, 1.82) is 0 Å². The van der Waals surface area contributed by atoms with E-state index in [-0.39, 0.29) is 11.8 Å². The third kappa shape index (κ3) is 2.51. The summed E-state index contributed by atoms with van der Waals surface area (Å²) in [4.78, 5) is 23.1. The van der Waals surface area contributed by atoms with E-state index in [0.717, 1.165) is 17.7 Å². The summed E-state index contributed by atoms with van der Waals surface area (Å²) in [6, 6.07) is 7.18. The van der Waals surface area contributed by atoms with Gasteiger partial charge in [0.1, 0.15) is 6.04 Å². The molecule has 0 aliphatic carbocycles. The molecular weight excluding hydrogens is 230 g/mol. The van der Waals surface area contributed by atoms with Gasteiger partial charge >= 0.3 is 0 Å². The summed E-state index contributed by atoms with van der Waals surface area (Å²) in [5.74, 6) is -0.960. The Morgan fingerprint density at radius 2 is 2.17 bits per heavy atom. The lowest BCUT2D eigenvalue weighted by atomic mass is 9.90. The van der Waals surface area contributed by atoms with Crippen molar-refractivity contribution < 1.29 is 9.59 Å². The molecule has 1 aliphatic heterocycles. The van der Waals surface area contributed by atoms with Gasteiger partial charge in [0.2, 0.25) is 11.8 Å². The molecule has 0 aromatic heterocycles. The van der Waals surface area contributed by atoms with Crippen LogP contribution in [0, 0.1) is 0 Å². The highest BCUT2D eigenvalue weighted by Crippen LogP contribution is 2.23. The second kappa shape index (κ2) is 5.18. The van der Waals surface area contributed by atoms with Gasteiger partial charge in [-0.1, -0.05) is 24.3 Å². The lowest BCUT2D eigenvalue weighted by Crippen LogP contribution is -2.46. The molecule has 18 heavy (non-hydrogen) atoms. The number of fused-ring (bicyclic) bond motifs is 1. The van der Waals surface area contributed by atoms with Crippen molar-refractivity contribution in [1.82, 2.24) is 10.6 Å². The van der Waals surface area contributed by atoms with Crippen LogP contribution in [0.2, 0.25) is 0 Å². The van der Waals surface area contributed by atoms with Crippen LogP contribution in [-0.2, 0) is 16.1 Å². The highest BCUT2D eigenvalue weighted by molar-refractivity contribution is 5.90. The zero-order valence-electron chi connectivity index (χ0n) is 10.3. The van der Waals surface area contributed by atoms with Gasteiger partial charge in [-0.15, -0.1) is 0 Å². The first-order valence-corrected chi connectivity index (χ1v) is 5.98. The molecule has 1 heterocycles. The van der Waals surface area contributed by atoms with Gasteiger partial charge in [-0.3, -0.25) is 9.59 Å². The second-order valence-corrected chi connectivity index (χ2v) is 4.51. The molecule has 0 fully saturated rings. The molecule has 0 bridgehead atoms. The number of amides is 2. The third-order valence-electron chi connectivity index (χ3n) is 3.20. The fourth-order valence-electron chi connectivity index (χ4n) is 2.12. The molecule has 1 aromatic rings. The highest BCUT2D eigenvalue weighted by Gasteiger charge is 2.27. The van der Waals surface area contributed by atoms with Crippen LogP contribution in [0.25, 0.3) is 0 Å². The monoisotopic (exact) mass is 247 g/mol. The quantitative estimate of drug-likeness (QED) is 0.695. The van der Waals surface area contributed by atoms with Crippen LogP contribution in [0.3, 0.4) is 0 Å². The van der Waals surface area contributed by atoms with E-state index in [1.165, 1.54) is 0 Å². The molecule has 4 N–H and O–H groups in total. The number of nitrogens with two attached hydrogens (primary N) is 1. The van der Waals surface area contributed by atoms with Gasteiger partial charge in [-0.25, -0.2) is 0 Å². The number of carbonyl (C=O) groups is 2. The number of primary amides is 1. The van der Waals surface area contributed by atoms with Crippen molar-refractivity contribution in [2.24, 2.45) is 5.73 Å². The Bertz CT molecular complexity index is 473. The summed E-state index contributed by atoms with van der Waals surface area (Å²) in [5.41, 5.74) is 7.28. The first-order chi connectivity index (χ1) is 8.59. The Morgan fingerprint density at radius 3 is 2.89 bits per heavy atom. The smallest absolute Gasteiger partial charge is 0.239 e. The lowest BCUT2D eigenvalue weighted by Gasteiger charge is -2.26. The maximum Gasteiger partial charge on any atom is 0.239 e. The van der Waals surface area contributed by atoms with E-state index in [1.54, 1.807) is 6.92 Å². The molecular formula is C13H17N3O2. The third-order valence-corrected chi connectivity index (χ3v) is 3.20. The van der Waals surface area contributed by atoms with Gasteiger partial charge in [0.25, 0.3) is 0 Å². The van der Waals surface area contributed by atoms with Crippen LogP contribution in [-0.4, -0.2) is 24.4 Å². The molecule has 0 spiro atoms. The van der Waals surface area contributed by atoms with Crippen molar-refractivity contribution in [3.8, 4) is 0 Å². The SMILES string of the molecule is CC(NC(=O)C1CNCc2ccccc21)C(N)=O. The molecule has 2 unspecified atom stereocenters. The minimum Gasteiger partial charge on any atom is -0.368 e. The Morgan fingerprint density at radius 1 is 1.44 bits per heavy atom. The average Bonchev–Trinajstić information content (AvgIpc) is 2.37. The van der Waals surface area contributed by atoms with Crippen LogP contribution in [0.15, 0.2) is 24.3 Å². The zero-order chi connectivity index (χ0) is 13.1. The normalized spacial score (nSPS) is 19.7. The molecule has 2 amide bonds. The lowest BCUT2D eigenvalue weighted by molar-refractivity contribution is -0.127. The first-order valence-electron chi connectivity index (χ1n) is 5.98. The van der Waals surface area contributed by atoms with E-state index in [0.29, 0.717) is 6.54 Å². The minimum atomic E-state index is -0.647. The molecule has 2 rings (SSSR count). The molecule has 0 radical (unpaired) electrons. The van der Waals surface area contributed by atoms with Gasteiger partial charge in [0.15, 0.2) is 0 Å². The summed E-state index contributed by atoms with van der Waals surface area (Å²) < 4.78 is 0. The van der Waals surface area contributed by atoms with Crippen molar-refractivity contribution in [3.05, 3.63) is 35.4 Å². The van der Waals surface area contributed by atoms with Gasteiger partial charge in [0.05, 0.1) is 5.92 Å². The summed E-state index contributed by atoms with van der Waals surface area (Å²) in [6.45, 7) is 2.93. The predicted octanol–water partition coefficient (Wildman–Crippen LogP) is -0.137. The average molecular weight is 247 g/mol. The van der Waals surface area contributed by atoms with Crippen LogP contribution in [0.4, 0.5) is 0 Å². The Balaban J connectivity index is 2.15. The van der Waals surface area contributed by atoms with Crippen LogP contribution >= 0.6 is 0 Å². The molecule has 1 aromatic carbocycles. The Labute approximate surface area is 106 Å². The number of hydrogen-bond donors (Lipinski definition) is 3. The summed E-state index contributed by atoms with van der Waals surface area (Å²) in [5, 5.41) is 5.83. The van der Waals surface area contributed by atoms with E-state index in [1.807, 2.05) is 24.3 Å². The Hall–Kier alpha value is -1.88. The van der Waals surface area contributed by atoms with E-state index >= 15 is 0 Å². The molecule has 2 atom stereocenters. The maximum atomic E-state index is 12.1. The first kappa shape index (κ1) is 12.6. The standard InChI is InChI=1S/C13H17N3O2/c1-8(12(14)17)16-13(18)11-7-15-6-9-4-2-3-5-10(9)11/h2-5,8,11,15H,6-7H2,1H3,(H2,14,17)(H,16,18). The molecule has 1 aliphatic rings. The van der Waals surface area contributed by atoms with E-state index in [4.69, 9.17) is 5.73 Å². The predicted molar refractivity (Wildman–Crippen MR) is 67.7 cm³/mol. The van der Waals surface area contributed by atoms with Crippen LogP contribution in [0.1, 0.15) is 24.0 Å². The van der Waals surface area contributed by atoms with Crippen LogP contribution < -0.4 is 16.4 Å². The summed E-state index contributed by atoms with van der Waals surface area (Å²) in [7, 11) is 0. The highest BCUT2D eigenvalue weighted by atomic mass is 16.2. The topological polar surface area (TPSA) is 84.2 Å². The second-order valence-electron chi connectivity index (χ2n) is 4.51. The zero-order valence-corrected chi connectivity index (χ0v) is 10.3. The number of benzene rings is 1. The fraction of sp³-hybridized carbons (Fsp3) is 0.385. The summed E-state index contributed by atoms with van der Waals surface area (Å²) in [6.07, 6.45) is 0. The number of hydrogen-bond acceptors (Lipinski definition) is 3. The van der Waals surface area contributed by atoms with Crippen molar-refractivity contribution in [3.63, 3.8) is 0 Å². The van der Waals surface area contributed by atoms with E-state index in [2.05, 4.69) is 10.6 Å². The molecule has 0 saturated carbocycles. The number of carbonyl (C=O) groups excluding carboxylic acids is 2.